The van der Waals surface area contributed by atoms with Crippen LogP contribution < -0.4 is 15.0 Å². The number of anilines is 2. The minimum absolute atomic E-state index is 0.0154. The minimum Gasteiger partial charge on any atom is -0.495 e. The molecule has 1 aliphatic heterocycles. The molecule has 3 amide bonds. The fourth-order valence-electron chi connectivity index (χ4n) is 5.21. The zero-order chi connectivity index (χ0) is 27.6. The maximum atomic E-state index is 13.0. The van der Waals surface area contributed by atoms with Crippen molar-refractivity contribution in [2.24, 2.45) is 5.92 Å². The summed E-state index contributed by atoms with van der Waals surface area (Å²) in [6, 6.07) is 7.91. The lowest BCUT2D eigenvalue weighted by Crippen LogP contribution is -2.49. The summed E-state index contributed by atoms with van der Waals surface area (Å²) in [4.78, 5) is 48.9. The van der Waals surface area contributed by atoms with E-state index >= 15 is 0 Å². The Bertz CT molecular complexity index is 1110. The number of aromatic nitrogens is 1. The van der Waals surface area contributed by atoms with Gasteiger partial charge < -0.3 is 29.5 Å². The number of rotatable bonds is 11. The molecule has 0 atom stereocenters. The lowest BCUT2D eigenvalue weighted by Gasteiger charge is -2.36. The molecule has 1 saturated heterocycles. The van der Waals surface area contributed by atoms with Crippen molar-refractivity contribution in [1.82, 2.24) is 14.8 Å². The van der Waals surface area contributed by atoms with E-state index in [9.17, 15) is 14.4 Å². The Morgan fingerprint density at radius 3 is 2.54 bits per heavy atom. The number of nitrogens with one attached hydrogen (secondary N) is 1. The van der Waals surface area contributed by atoms with Gasteiger partial charge in [-0.15, -0.1) is 11.3 Å². The van der Waals surface area contributed by atoms with E-state index in [0.717, 1.165) is 56.6 Å². The molecule has 1 aromatic carbocycles. The largest absolute Gasteiger partial charge is 0.495 e. The maximum absolute atomic E-state index is 13.0. The van der Waals surface area contributed by atoms with Crippen LogP contribution in [-0.4, -0.2) is 92.6 Å². The minimum atomic E-state index is -0.296. The molecule has 1 aromatic heterocycles. The van der Waals surface area contributed by atoms with Crippen LogP contribution in [0.4, 0.5) is 10.8 Å². The fraction of sp³-hybridized carbons (Fsp3) is 0.571. The van der Waals surface area contributed by atoms with Crippen molar-refractivity contribution in [3.05, 3.63) is 35.3 Å². The monoisotopic (exact) mass is 557 g/mol. The fourth-order valence-corrected chi connectivity index (χ4v) is 5.94. The number of carbonyl (C=O) groups is 3. The SMILES string of the molecule is COCCN(CC(=O)Nc1nc(CC(=O)N2CCN(c3ccccc3OC)CC2)cs1)C(=O)C1CCCCC1. The van der Waals surface area contributed by atoms with Gasteiger partial charge in [0.1, 0.15) is 12.3 Å². The number of benzene rings is 1. The number of ether oxygens (including phenoxy) is 2. The summed E-state index contributed by atoms with van der Waals surface area (Å²) in [6.45, 7) is 3.41. The molecule has 0 radical (unpaired) electrons. The molecule has 39 heavy (non-hydrogen) atoms. The van der Waals surface area contributed by atoms with Crippen molar-refractivity contribution in [2.45, 2.75) is 38.5 Å². The van der Waals surface area contributed by atoms with Crippen LogP contribution in [0.5, 0.6) is 5.75 Å². The van der Waals surface area contributed by atoms with Crippen LogP contribution in [0.2, 0.25) is 0 Å². The van der Waals surface area contributed by atoms with E-state index in [4.69, 9.17) is 9.47 Å². The second kappa shape index (κ2) is 14.3. The highest BCUT2D eigenvalue weighted by atomic mass is 32.1. The zero-order valence-corrected chi connectivity index (χ0v) is 23.7. The Hall–Kier alpha value is -3.18. The molecule has 2 aliphatic rings. The first-order chi connectivity index (χ1) is 19.0. The van der Waals surface area contributed by atoms with Crippen LogP contribution in [0.3, 0.4) is 0 Å². The highest BCUT2D eigenvalue weighted by Crippen LogP contribution is 2.29. The topological polar surface area (TPSA) is 104 Å². The van der Waals surface area contributed by atoms with E-state index in [1.54, 1.807) is 24.5 Å². The molecule has 0 unspecified atom stereocenters. The lowest BCUT2D eigenvalue weighted by atomic mass is 9.88. The van der Waals surface area contributed by atoms with Crippen LogP contribution in [-0.2, 0) is 25.5 Å². The van der Waals surface area contributed by atoms with Gasteiger partial charge in [-0.3, -0.25) is 14.4 Å². The van der Waals surface area contributed by atoms with Crippen LogP contribution in [0.1, 0.15) is 37.8 Å². The first kappa shape index (κ1) is 28.8. The standard InChI is InChI=1S/C28H39N5O5S/c1-37-17-16-33(27(36)21-8-4-3-5-9-21)19-25(34)30-28-29-22(20-39-28)18-26(35)32-14-12-31(13-15-32)23-10-6-7-11-24(23)38-2/h6-7,10-11,20-21H,3-5,8-9,12-19H2,1-2H3,(H,29,30,34). The Labute approximate surface area is 234 Å². The number of amides is 3. The predicted molar refractivity (Wildman–Crippen MR) is 151 cm³/mol. The smallest absolute Gasteiger partial charge is 0.245 e. The zero-order valence-electron chi connectivity index (χ0n) is 22.9. The number of piperazine rings is 1. The average Bonchev–Trinajstić information content (AvgIpc) is 3.41. The number of nitrogens with zero attached hydrogens (tertiary/aromatic N) is 4. The van der Waals surface area contributed by atoms with E-state index in [2.05, 4.69) is 15.2 Å². The number of carbonyl (C=O) groups excluding carboxylic acids is 3. The highest BCUT2D eigenvalue weighted by Gasteiger charge is 2.28. The molecule has 11 heteroatoms. The molecule has 212 valence electrons. The van der Waals surface area contributed by atoms with Crippen molar-refractivity contribution in [3.8, 4) is 5.75 Å². The molecule has 2 aromatic rings. The van der Waals surface area contributed by atoms with Crippen molar-refractivity contribution < 1.29 is 23.9 Å². The molecule has 10 nitrogen and oxygen atoms in total. The van der Waals surface area contributed by atoms with Crippen molar-refractivity contribution in [1.29, 1.82) is 0 Å². The molecule has 1 aliphatic carbocycles. The molecule has 2 fully saturated rings. The summed E-state index contributed by atoms with van der Waals surface area (Å²) in [7, 11) is 3.25. The van der Waals surface area contributed by atoms with Crippen molar-refractivity contribution in [2.75, 3.05) is 70.3 Å². The van der Waals surface area contributed by atoms with E-state index in [-0.39, 0.29) is 36.6 Å². The summed E-state index contributed by atoms with van der Waals surface area (Å²) in [6.07, 6.45) is 5.21. The number of methoxy groups -OCH3 is 2. The summed E-state index contributed by atoms with van der Waals surface area (Å²) in [5.41, 5.74) is 1.66. The Balaban J connectivity index is 1.26. The van der Waals surface area contributed by atoms with Gasteiger partial charge in [0.05, 0.1) is 31.5 Å². The molecule has 2 heterocycles. The first-order valence-electron chi connectivity index (χ1n) is 13.7. The van der Waals surface area contributed by atoms with Gasteiger partial charge in [-0.05, 0) is 25.0 Å². The number of thiazole rings is 1. The Morgan fingerprint density at radius 2 is 1.82 bits per heavy atom. The predicted octanol–water partition coefficient (Wildman–Crippen LogP) is 3.04. The summed E-state index contributed by atoms with van der Waals surface area (Å²) in [5.74, 6) is 0.557. The van der Waals surface area contributed by atoms with E-state index in [1.165, 1.54) is 11.3 Å². The van der Waals surface area contributed by atoms with Gasteiger partial charge in [-0.25, -0.2) is 4.98 Å². The normalized spacial score (nSPS) is 16.2. The van der Waals surface area contributed by atoms with Crippen LogP contribution in [0.15, 0.2) is 29.6 Å². The Morgan fingerprint density at radius 1 is 1.08 bits per heavy atom. The third-order valence-electron chi connectivity index (χ3n) is 7.35. The number of hydrogen-bond acceptors (Lipinski definition) is 8. The van der Waals surface area contributed by atoms with Crippen LogP contribution in [0, 0.1) is 5.92 Å². The molecule has 4 rings (SSSR count). The number of para-hydroxylation sites is 2. The molecule has 1 N–H and O–H groups in total. The van der Waals surface area contributed by atoms with Crippen LogP contribution in [0.25, 0.3) is 0 Å². The highest BCUT2D eigenvalue weighted by molar-refractivity contribution is 7.13. The van der Waals surface area contributed by atoms with E-state index in [1.807, 2.05) is 29.2 Å². The third kappa shape index (κ3) is 7.92. The van der Waals surface area contributed by atoms with Gasteiger partial charge in [0, 0.05) is 51.1 Å². The van der Waals surface area contributed by atoms with Crippen molar-refractivity contribution >= 4 is 39.9 Å². The van der Waals surface area contributed by atoms with Gasteiger partial charge in [-0.1, -0.05) is 31.4 Å². The molecule has 0 spiro atoms. The van der Waals surface area contributed by atoms with Gasteiger partial charge in [0.25, 0.3) is 0 Å². The Kier molecular flexibility index (Phi) is 10.5. The second-order valence-electron chi connectivity index (χ2n) is 10.00. The molecule has 1 saturated carbocycles. The summed E-state index contributed by atoms with van der Waals surface area (Å²) in [5, 5.41) is 5.04. The summed E-state index contributed by atoms with van der Waals surface area (Å²) < 4.78 is 10.6. The van der Waals surface area contributed by atoms with Gasteiger partial charge >= 0.3 is 0 Å². The van der Waals surface area contributed by atoms with Gasteiger partial charge in [0.2, 0.25) is 17.7 Å². The summed E-state index contributed by atoms with van der Waals surface area (Å²) >= 11 is 1.29. The third-order valence-corrected chi connectivity index (χ3v) is 8.16. The maximum Gasteiger partial charge on any atom is 0.245 e. The average molecular weight is 558 g/mol. The van der Waals surface area contributed by atoms with E-state index in [0.29, 0.717) is 37.1 Å². The quantitative estimate of drug-likeness (QED) is 0.453. The molecular weight excluding hydrogens is 518 g/mol. The van der Waals surface area contributed by atoms with Gasteiger partial charge in [-0.2, -0.15) is 0 Å². The van der Waals surface area contributed by atoms with Crippen molar-refractivity contribution in [3.63, 3.8) is 0 Å². The lowest BCUT2D eigenvalue weighted by molar-refractivity contribution is -0.140. The van der Waals surface area contributed by atoms with E-state index < -0.39 is 0 Å². The van der Waals surface area contributed by atoms with Gasteiger partial charge in [0.15, 0.2) is 5.13 Å². The second-order valence-corrected chi connectivity index (χ2v) is 10.9. The molecule has 0 bridgehead atoms. The van der Waals surface area contributed by atoms with Crippen LogP contribution >= 0.6 is 11.3 Å². The number of hydrogen-bond donors (Lipinski definition) is 1. The molecular formula is C28H39N5O5S. The first-order valence-corrected chi connectivity index (χ1v) is 14.5.